The molecule has 3 heterocycles. The number of carbonyl (C=O) groups is 3. The fourth-order valence-electron chi connectivity index (χ4n) is 6.64. The first-order valence-corrected chi connectivity index (χ1v) is 13.2. The Hall–Kier alpha value is -2.06. The summed E-state index contributed by atoms with van der Waals surface area (Å²) in [5.74, 6) is -1.23. The van der Waals surface area contributed by atoms with Crippen molar-refractivity contribution >= 4 is 35.2 Å². The first kappa shape index (κ1) is 25.0. The molecule has 3 aliphatic heterocycles. The third-order valence-corrected chi connectivity index (χ3v) is 10.1. The van der Waals surface area contributed by atoms with Crippen molar-refractivity contribution in [3.8, 4) is 0 Å². The summed E-state index contributed by atoms with van der Waals surface area (Å²) in [4.78, 5) is 42.7. The Morgan fingerprint density at radius 1 is 1.24 bits per heavy atom. The van der Waals surface area contributed by atoms with Crippen LogP contribution in [0.25, 0.3) is 0 Å². The quantitative estimate of drug-likeness (QED) is 0.549. The Kier molecular flexibility index (Phi) is 6.77. The van der Waals surface area contributed by atoms with Gasteiger partial charge in [-0.15, -0.1) is 11.8 Å². The molecule has 3 N–H and O–H groups in total. The molecule has 2 bridgehead atoms. The number of fused-ring (bicyclic) bond motifs is 1. The van der Waals surface area contributed by atoms with E-state index in [0.29, 0.717) is 6.42 Å². The van der Waals surface area contributed by atoms with E-state index in [-0.39, 0.29) is 41.4 Å². The van der Waals surface area contributed by atoms with E-state index in [1.54, 1.807) is 23.7 Å². The number of nitrogens with one attached hydrogen (secondary N) is 2. The van der Waals surface area contributed by atoms with E-state index in [0.717, 1.165) is 23.2 Å². The van der Waals surface area contributed by atoms with Crippen molar-refractivity contribution in [1.82, 2.24) is 10.2 Å². The molecular weight excluding hydrogens is 450 g/mol. The second-order valence-electron chi connectivity index (χ2n) is 10.6. The fourth-order valence-corrected chi connectivity index (χ4v) is 9.05. The summed E-state index contributed by atoms with van der Waals surface area (Å²) in [6, 6.07) is 4.64. The monoisotopic (exact) mass is 487 g/mol. The maximum Gasteiger partial charge on any atom is 0.248 e. The zero-order chi connectivity index (χ0) is 24.9. The van der Waals surface area contributed by atoms with Gasteiger partial charge in [-0.2, -0.15) is 0 Å². The minimum absolute atomic E-state index is 0.0132. The van der Waals surface area contributed by atoms with Crippen molar-refractivity contribution in [2.45, 2.75) is 69.5 Å². The lowest BCUT2D eigenvalue weighted by Gasteiger charge is -2.40. The highest BCUT2D eigenvalue weighted by molar-refractivity contribution is 8.02. The molecule has 34 heavy (non-hydrogen) atoms. The highest BCUT2D eigenvalue weighted by Crippen LogP contribution is 2.68. The van der Waals surface area contributed by atoms with Gasteiger partial charge in [0.25, 0.3) is 0 Å². The van der Waals surface area contributed by atoms with Crippen molar-refractivity contribution < 1.29 is 19.5 Å². The number of carbonyl (C=O) groups excluding carboxylic acids is 3. The SMILES string of the molecule is CNC(=O)[C@@H]1[C@@H]2CC(C)C3(S2)C(C(=O)Nc2c(C)cccc2C)N([C@@H](CO)CC(C)C)C(=O)[C@H]13. The Bertz CT molecular complexity index is 978. The average molecular weight is 488 g/mol. The number of likely N-dealkylation sites (tertiary alicyclic amines) is 1. The largest absolute Gasteiger partial charge is 0.394 e. The van der Waals surface area contributed by atoms with E-state index in [2.05, 4.69) is 17.6 Å². The second-order valence-corrected chi connectivity index (χ2v) is 12.2. The summed E-state index contributed by atoms with van der Waals surface area (Å²) in [6.07, 6.45) is 1.38. The van der Waals surface area contributed by atoms with Crippen LogP contribution in [0, 0.1) is 37.5 Å². The number of anilines is 1. The van der Waals surface area contributed by atoms with Crippen LogP contribution in [0.1, 0.15) is 44.7 Å². The zero-order valence-corrected chi connectivity index (χ0v) is 21.7. The average Bonchev–Trinajstić information content (AvgIpc) is 3.37. The maximum atomic E-state index is 14.1. The van der Waals surface area contributed by atoms with Crippen molar-refractivity contribution in [1.29, 1.82) is 0 Å². The normalized spacial score (nSPS) is 32.8. The van der Waals surface area contributed by atoms with Crippen LogP contribution in [0.4, 0.5) is 5.69 Å². The first-order valence-electron chi connectivity index (χ1n) is 12.3. The number of nitrogens with zero attached hydrogens (tertiary/aromatic N) is 1. The van der Waals surface area contributed by atoms with Crippen molar-refractivity contribution in [3.63, 3.8) is 0 Å². The molecule has 186 valence electrons. The number of para-hydroxylation sites is 1. The predicted molar refractivity (Wildman–Crippen MR) is 134 cm³/mol. The van der Waals surface area contributed by atoms with Crippen LogP contribution in [0.5, 0.6) is 0 Å². The van der Waals surface area contributed by atoms with Crippen molar-refractivity contribution in [2.75, 3.05) is 19.0 Å². The minimum Gasteiger partial charge on any atom is -0.394 e. The summed E-state index contributed by atoms with van der Waals surface area (Å²) in [6.45, 7) is 9.89. The van der Waals surface area contributed by atoms with Gasteiger partial charge in [0.2, 0.25) is 17.7 Å². The number of aliphatic hydroxyl groups excluding tert-OH is 1. The van der Waals surface area contributed by atoms with Gasteiger partial charge in [-0.3, -0.25) is 14.4 Å². The molecule has 7 atom stereocenters. The predicted octanol–water partition coefficient (Wildman–Crippen LogP) is 2.73. The molecule has 3 aliphatic rings. The van der Waals surface area contributed by atoms with E-state index in [1.165, 1.54) is 0 Å². The van der Waals surface area contributed by atoms with Gasteiger partial charge in [0, 0.05) is 18.0 Å². The molecule has 3 unspecified atom stereocenters. The molecule has 0 aliphatic carbocycles. The van der Waals surface area contributed by atoms with Gasteiger partial charge >= 0.3 is 0 Å². The first-order chi connectivity index (χ1) is 16.1. The molecule has 1 aromatic carbocycles. The summed E-state index contributed by atoms with van der Waals surface area (Å²) in [5, 5.41) is 16.2. The molecular formula is C26H37N3O4S. The molecule has 7 nitrogen and oxygen atoms in total. The standard InChI is InChI=1S/C26H37N3O4S/c1-13(2)10-17(12-30)29-22(24(32)28-21-14(3)8-7-9-15(21)4)26-16(5)11-18(34-26)19(23(31)27-6)20(26)25(29)33/h7-9,13,16-20,22,30H,10-12H2,1-6H3,(H,27,31)(H,28,32)/t16?,17-,18+,19-,20+,22?,26?/m1/s1. The van der Waals surface area contributed by atoms with Crippen LogP contribution in [0.3, 0.4) is 0 Å². The molecule has 0 radical (unpaired) electrons. The van der Waals surface area contributed by atoms with Crippen LogP contribution in [0.15, 0.2) is 18.2 Å². The topological polar surface area (TPSA) is 98.7 Å². The molecule has 8 heteroatoms. The molecule has 3 amide bonds. The molecule has 0 aromatic heterocycles. The Morgan fingerprint density at radius 2 is 1.88 bits per heavy atom. The Morgan fingerprint density at radius 3 is 2.44 bits per heavy atom. The van der Waals surface area contributed by atoms with Gasteiger partial charge in [-0.05, 0) is 49.7 Å². The molecule has 1 spiro atoms. The third-order valence-electron chi connectivity index (χ3n) is 8.06. The van der Waals surface area contributed by atoms with Gasteiger partial charge in [0.1, 0.15) is 6.04 Å². The van der Waals surface area contributed by atoms with Gasteiger partial charge in [-0.25, -0.2) is 0 Å². The van der Waals surface area contributed by atoms with E-state index < -0.39 is 28.7 Å². The zero-order valence-electron chi connectivity index (χ0n) is 20.9. The van der Waals surface area contributed by atoms with Crippen LogP contribution in [0.2, 0.25) is 0 Å². The highest BCUT2D eigenvalue weighted by atomic mass is 32.2. The van der Waals surface area contributed by atoms with Gasteiger partial charge in [0.05, 0.1) is 29.2 Å². The number of rotatable bonds is 7. The van der Waals surface area contributed by atoms with E-state index in [1.807, 2.05) is 45.9 Å². The molecule has 3 saturated heterocycles. The van der Waals surface area contributed by atoms with Crippen LogP contribution < -0.4 is 10.6 Å². The smallest absolute Gasteiger partial charge is 0.248 e. The summed E-state index contributed by atoms with van der Waals surface area (Å²) >= 11 is 1.65. The lowest BCUT2D eigenvalue weighted by atomic mass is 9.66. The van der Waals surface area contributed by atoms with Crippen LogP contribution in [-0.4, -0.2) is 63.5 Å². The second kappa shape index (κ2) is 9.19. The number of hydrogen-bond acceptors (Lipinski definition) is 5. The lowest BCUT2D eigenvalue weighted by Crippen LogP contribution is -2.57. The Balaban J connectivity index is 1.82. The van der Waals surface area contributed by atoms with E-state index in [9.17, 15) is 19.5 Å². The lowest BCUT2D eigenvalue weighted by molar-refractivity contribution is -0.142. The van der Waals surface area contributed by atoms with Crippen molar-refractivity contribution in [3.05, 3.63) is 29.3 Å². The fraction of sp³-hybridized carbons (Fsp3) is 0.654. The Labute approximate surface area is 206 Å². The van der Waals surface area contributed by atoms with Gasteiger partial charge in [-0.1, -0.05) is 39.0 Å². The molecule has 0 saturated carbocycles. The molecule has 4 rings (SSSR count). The number of aliphatic hydroxyl groups is 1. The molecule has 1 aromatic rings. The van der Waals surface area contributed by atoms with E-state index >= 15 is 0 Å². The van der Waals surface area contributed by atoms with Gasteiger partial charge in [0.15, 0.2) is 0 Å². The number of thioether (sulfide) groups is 1. The number of hydrogen-bond donors (Lipinski definition) is 3. The number of amides is 3. The molecule has 3 fully saturated rings. The summed E-state index contributed by atoms with van der Waals surface area (Å²) in [5.41, 5.74) is 2.68. The van der Waals surface area contributed by atoms with Crippen molar-refractivity contribution in [2.24, 2.45) is 23.7 Å². The minimum atomic E-state index is -0.750. The number of benzene rings is 1. The third kappa shape index (κ3) is 3.65. The van der Waals surface area contributed by atoms with Gasteiger partial charge < -0.3 is 20.6 Å². The summed E-state index contributed by atoms with van der Waals surface area (Å²) in [7, 11) is 1.60. The number of aryl methyl sites for hydroxylation is 2. The maximum absolute atomic E-state index is 14.1. The highest BCUT2D eigenvalue weighted by Gasteiger charge is 2.76. The van der Waals surface area contributed by atoms with E-state index in [4.69, 9.17) is 0 Å². The summed E-state index contributed by atoms with van der Waals surface area (Å²) < 4.78 is -0.690. The van der Waals surface area contributed by atoms with Crippen LogP contribution >= 0.6 is 11.8 Å². The van der Waals surface area contributed by atoms with Crippen LogP contribution in [-0.2, 0) is 14.4 Å².